The molecule has 2 atom stereocenters. The number of aliphatic carboxylic acids is 1. The van der Waals surface area contributed by atoms with Crippen LogP contribution in [0.15, 0.2) is 0 Å². The van der Waals surface area contributed by atoms with E-state index in [-0.39, 0.29) is 0 Å². The number of aromatic nitrogens is 1. The van der Waals surface area contributed by atoms with Gasteiger partial charge >= 0.3 is 5.97 Å². The van der Waals surface area contributed by atoms with Crippen LogP contribution in [0.3, 0.4) is 0 Å². The highest BCUT2D eigenvalue weighted by Gasteiger charge is 2.26. The molecule has 5 nitrogen and oxygen atoms in total. The van der Waals surface area contributed by atoms with E-state index in [2.05, 4.69) is 23.9 Å². The lowest BCUT2D eigenvalue weighted by Crippen LogP contribution is -2.32. The van der Waals surface area contributed by atoms with Gasteiger partial charge in [-0.1, -0.05) is 0 Å². The molecule has 0 saturated carbocycles. The third-order valence-electron chi connectivity index (χ3n) is 3.37. The van der Waals surface area contributed by atoms with E-state index < -0.39 is 12.0 Å². The van der Waals surface area contributed by atoms with E-state index in [1.807, 2.05) is 0 Å². The standard InChI is InChI=1S/C12H19N3O2S/c1-7-11(8-3-4-15(2)6-8)14-10(18-7)5-9(13)12(16)17/h8-9H,3-6,13H2,1-2H3,(H,16,17). The van der Waals surface area contributed by atoms with Gasteiger partial charge in [-0.25, -0.2) is 4.98 Å². The molecule has 1 fully saturated rings. The van der Waals surface area contributed by atoms with Crippen LogP contribution in [0, 0.1) is 6.92 Å². The van der Waals surface area contributed by atoms with Crippen molar-refractivity contribution in [2.75, 3.05) is 20.1 Å². The largest absolute Gasteiger partial charge is 0.480 e. The highest BCUT2D eigenvalue weighted by Crippen LogP contribution is 2.31. The van der Waals surface area contributed by atoms with Gasteiger partial charge in [0, 0.05) is 23.8 Å². The van der Waals surface area contributed by atoms with Gasteiger partial charge in [0.1, 0.15) is 6.04 Å². The van der Waals surface area contributed by atoms with Crippen molar-refractivity contribution in [2.24, 2.45) is 5.73 Å². The number of carbonyl (C=O) groups is 1. The van der Waals surface area contributed by atoms with Crippen molar-refractivity contribution >= 4 is 17.3 Å². The number of hydrogen-bond donors (Lipinski definition) is 2. The molecule has 1 saturated heterocycles. The number of hydrogen-bond acceptors (Lipinski definition) is 5. The van der Waals surface area contributed by atoms with Crippen molar-refractivity contribution < 1.29 is 9.90 Å². The van der Waals surface area contributed by atoms with E-state index in [4.69, 9.17) is 10.8 Å². The highest BCUT2D eigenvalue weighted by molar-refractivity contribution is 7.11. The second-order valence-electron chi connectivity index (χ2n) is 4.95. The average molecular weight is 269 g/mol. The normalized spacial score (nSPS) is 22.3. The Balaban J connectivity index is 2.09. The number of likely N-dealkylation sites (tertiary alicyclic amines) is 1. The predicted molar refractivity (Wildman–Crippen MR) is 71.0 cm³/mol. The van der Waals surface area contributed by atoms with Crippen LogP contribution < -0.4 is 5.73 Å². The molecular formula is C12H19N3O2S. The molecule has 0 radical (unpaired) electrons. The van der Waals surface area contributed by atoms with Gasteiger partial charge < -0.3 is 15.7 Å². The summed E-state index contributed by atoms with van der Waals surface area (Å²) in [6.07, 6.45) is 1.45. The molecule has 1 aliphatic rings. The fourth-order valence-electron chi connectivity index (χ4n) is 2.36. The summed E-state index contributed by atoms with van der Waals surface area (Å²) in [6.45, 7) is 4.20. The second kappa shape index (κ2) is 5.34. The number of thiazole rings is 1. The van der Waals surface area contributed by atoms with E-state index in [1.165, 1.54) is 4.88 Å². The third kappa shape index (κ3) is 2.88. The number of likely N-dealkylation sites (N-methyl/N-ethyl adjacent to an activating group) is 1. The van der Waals surface area contributed by atoms with Crippen molar-refractivity contribution in [2.45, 2.75) is 31.7 Å². The number of carboxylic acid groups (broad SMARTS) is 1. The molecule has 0 amide bonds. The van der Waals surface area contributed by atoms with Gasteiger partial charge in [0.25, 0.3) is 0 Å². The second-order valence-corrected chi connectivity index (χ2v) is 6.23. The molecule has 1 aromatic rings. The molecule has 1 aliphatic heterocycles. The van der Waals surface area contributed by atoms with Crippen molar-refractivity contribution in [1.82, 2.24) is 9.88 Å². The van der Waals surface area contributed by atoms with Gasteiger partial charge in [-0.05, 0) is 26.9 Å². The van der Waals surface area contributed by atoms with Gasteiger partial charge in [-0.3, -0.25) is 4.79 Å². The Hall–Kier alpha value is -0.980. The molecule has 2 unspecified atom stereocenters. The van der Waals surface area contributed by atoms with Crippen LogP contribution >= 0.6 is 11.3 Å². The lowest BCUT2D eigenvalue weighted by molar-refractivity contribution is -0.138. The first kappa shape index (κ1) is 13.5. The van der Waals surface area contributed by atoms with Crippen LogP contribution in [0.2, 0.25) is 0 Å². The summed E-state index contributed by atoms with van der Waals surface area (Å²) < 4.78 is 0. The minimum absolute atomic E-state index is 0.323. The Morgan fingerprint density at radius 2 is 2.44 bits per heavy atom. The van der Waals surface area contributed by atoms with Crippen molar-refractivity contribution in [1.29, 1.82) is 0 Å². The van der Waals surface area contributed by atoms with Crippen LogP contribution in [0.1, 0.15) is 27.9 Å². The Morgan fingerprint density at radius 1 is 1.72 bits per heavy atom. The summed E-state index contributed by atoms with van der Waals surface area (Å²) in [7, 11) is 2.11. The molecule has 0 aliphatic carbocycles. The summed E-state index contributed by atoms with van der Waals surface area (Å²) in [4.78, 5) is 18.8. The van der Waals surface area contributed by atoms with Gasteiger partial charge in [-0.15, -0.1) is 11.3 Å². The van der Waals surface area contributed by atoms with Crippen molar-refractivity contribution in [3.8, 4) is 0 Å². The molecule has 3 N–H and O–H groups in total. The zero-order valence-corrected chi connectivity index (χ0v) is 11.5. The molecular weight excluding hydrogens is 250 g/mol. The summed E-state index contributed by atoms with van der Waals surface area (Å²) in [5.74, 6) is -0.481. The van der Waals surface area contributed by atoms with Crippen LogP contribution in [0.5, 0.6) is 0 Å². The number of carboxylic acids is 1. The third-order valence-corrected chi connectivity index (χ3v) is 4.38. The van der Waals surface area contributed by atoms with Crippen molar-refractivity contribution in [3.63, 3.8) is 0 Å². The first-order valence-electron chi connectivity index (χ1n) is 6.10. The van der Waals surface area contributed by atoms with Crippen LogP contribution in [0.4, 0.5) is 0 Å². The maximum Gasteiger partial charge on any atom is 0.320 e. The molecule has 100 valence electrons. The Bertz CT molecular complexity index is 447. The zero-order valence-electron chi connectivity index (χ0n) is 10.7. The molecule has 0 bridgehead atoms. The minimum atomic E-state index is -0.968. The first-order chi connectivity index (χ1) is 8.47. The van der Waals surface area contributed by atoms with Crippen LogP contribution in [0.25, 0.3) is 0 Å². The molecule has 6 heteroatoms. The first-order valence-corrected chi connectivity index (χ1v) is 6.92. The predicted octanol–water partition coefficient (Wildman–Crippen LogP) is 0.825. The lowest BCUT2D eigenvalue weighted by atomic mass is 10.0. The summed E-state index contributed by atoms with van der Waals surface area (Å²) in [5, 5.41) is 9.65. The maximum atomic E-state index is 10.7. The summed E-state index contributed by atoms with van der Waals surface area (Å²) >= 11 is 1.58. The van der Waals surface area contributed by atoms with Crippen LogP contribution in [-0.2, 0) is 11.2 Å². The number of aryl methyl sites for hydroxylation is 1. The summed E-state index contributed by atoms with van der Waals surface area (Å²) in [6, 6.07) is -0.852. The lowest BCUT2D eigenvalue weighted by Gasteiger charge is -2.08. The van der Waals surface area contributed by atoms with Gasteiger partial charge in [0.15, 0.2) is 0 Å². The Kier molecular flexibility index (Phi) is 3.99. The topological polar surface area (TPSA) is 79.5 Å². The Labute approximate surface area is 111 Å². The number of nitrogens with two attached hydrogens (primary N) is 1. The van der Waals surface area contributed by atoms with E-state index >= 15 is 0 Å². The highest BCUT2D eigenvalue weighted by atomic mass is 32.1. The van der Waals surface area contributed by atoms with Gasteiger partial charge in [0.2, 0.25) is 0 Å². The number of rotatable bonds is 4. The maximum absolute atomic E-state index is 10.7. The molecule has 1 aromatic heterocycles. The smallest absolute Gasteiger partial charge is 0.320 e. The van der Waals surface area contributed by atoms with Crippen LogP contribution in [-0.4, -0.2) is 47.1 Å². The van der Waals surface area contributed by atoms with Gasteiger partial charge in [-0.2, -0.15) is 0 Å². The van der Waals surface area contributed by atoms with Gasteiger partial charge in [0.05, 0.1) is 10.7 Å². The van der Waals surface area contributed by atoms with Crippen molar-refractivity contribution in [3.05, 3.63) is 15.6 Å². The van der Waals surface area contributed by atoms with E-state index in [9.17, 15) is 4.79 Å². The van der Waals surface area contributed by atoms with E-state index in [1.54, 1.807) is 11.3 Å². The summed E-state index contributed by atoms with van der Waals surface area (Å²) in [5.41, 5.74) is 6.68. The van der Waals surface area contributed by atoms with E-state index in [0.29, 0.717) is 12.3 Å². The molecule has 0 spiro atoms. The van der Waals surface area contributed by atoms with E-state index in [0.717, 1.165) is 30.2 Å². The zero-order chi connectivity index (χ0) is 13.3. The average Bonchev–Trinajstić information content (AvgIpc) is 2.85. The quantitative estimate of drug-likeness (QED) is 0.846. The fourth-order valence-corrected chi connectivity index (χ4v) is 3.44. The number of nitrogens with zero attached hydrogens (tertiary/aromatic N) is 2. The minimum Gasteiger partial charge on any atom is -0.480 e. The molecule has 0 aromatic carbocycles. The molecule has 2 heterocycles. The molecule has 18 heavy (non-hydrogen) atoms. The molecule has 2 rings (SSSR count). The SMILES string of the molecule is Cc1sc(CC(N)C(=O)O)nc1C1CCN(C)C1. The monoisotopic (exact) mass is 269 g/mol. The Morgan fingerprint density at radius 3 is 3.00 bits per heavy atom. The fraction of sp³-hybridized carbons (Fsp3) is 0.667.